The van der Waals surface area contributed by atoms with Crippen molar-refractivity contribution in [3.05, 3.63) is 35.6 Å². The van der Waals surface area contributed by atoms with E-state index in [1.54, 1.807) is 6.92 Å². The lowest BCUT2D eigenvalue weighted by molar-refractivity contribution is -0.0221. The minimum Gasteiger partial charge on any atom is -0.367 e. The Balaban J connectivity index is 1.92. The lowest BCUT2D eigenvalue weighted by atomic mass is 9.85. The van der Waals surface area contributed by atoms with E-state index < -0.39 is 6.10 Å². The second-order valence-electron chi connectivity index (χ2n) is 5.71. The van der Waals surface area contributed by atoms with Gasteiger partial charge in [0, 0.05) is 5.56 Å². The molecule has 1 saturated carbocycles. The van der Waals surface area contributed by atoms with Gasteiger partial charge in [-0.2, -0.15) is 0 Å². The maximum atomic E-state index is 12.9. The highest BCUT2D eigenvalue weighted by atomic mass is 19.1. The lowest BCUT2D eigenvalue weighted by Crippen LogP contribution is -2.30. The fourth-order valence-corrected chi connectivity index (χ4v) is 2.94. The van der Waals surface area contributed by atoms with Crippen LogP contribution in [0.15, 0.2) is 24.3 Å². The third kappa shape index (κ3) is 3.89. The van der Waals surface area contributed by atoms with Crippen LogP contribution in [0.2, 0.25) is 0 Å². The molecule has 110 valence electrons. The van der Waals surface area contributed by atoms with Gasteiger partial charge in [-0.25, -0.2) is 4.39 Å². The quantitative estimate of drug-likeness (QED) is 0.747. The summed E-state index contributed by atoms with van der Waals surface area (Å²) in [6.07, 6.45) is 5.46. The van der Waals surface area contributed by atoms with Crippen molar-refractivity contribution in [1.29, 1.82) is 0 Å². The molecule has 2 nitrogen and oxygen atoms in total. The van der Waals surface area contributed by atoms with Gasteiger partial charge in [-0.15, -0.1) is 0 Å². The number of carbonyl (C=O) groups excluding carboxylic acids is 1. The Bertz CT molecular complexity index is 441. The zero-order valence-electron chi connectivity index (χ0n) is 12.3. The van der Waals surface area contributed by atoms with Gasteiger partial charge >= 0.3 is 0 Å². The standard InChI is InChI=1S/C17H23FO2/c1-3-13-5-4-6-16(11-13)20-12(2)17(19)14-7-9-15(18)10-8-14/h7-10,12-13,16H,3-6,11H2,1-2H3. The van der Waals surface area contributed by atoms with Crippen molar-refractivity contribution in [2.24, 2.45) is 5.92 Å². The molecule has 0 amide bonds. The van der Waals surface area contributed by atoms with E-state index in [2.05, 4.69) is 6.92 Å². The fraction of sp³-hybridized carbons (Fsp3) is 0.588. The van der Waals surface area contributed by atoms with Gasteiger partial charge in [0.05, 0.1) is 6.10 Å². The molecule has 0 bridgehead atoms. The third-order valence-electron chi connectivity index (χ3n) is 4.21. The summed E-state index contributed by atoms with van der Waals surface area (Å²) in [7, 11) is 0. The van der Waals surface area contributed by atoms with Gasteiger partial charge in [-0.3, -0.25) is 4.79 Å². The molecule has 1 aliphatic carbocycles. The van der Waals surface area contributed by atoms with Crippen LogP contribution in [0.25, 0.3) is 0 Å². The average Bonchev–Trinajstić information content (AvgIpc) is 2.47. The molecule has 3 heteroatoms. The first kappa shape index (κ1) is 15.2. The van der Waals surface area contributed by atoms with Crippen LogP contribution in [0.5, 0.6) is 0 Å². The molecular weight excluding hydrogens is 255 g/mol. The third-order valence-corrected chi connectivity index (χ3v) is 4.21. The van der Waals surface area contributed by atoms with Crippen molar-refractivity contribution >= 4 is 5.78 Å². The number of hydrogen-bond donors (Lipinski definition) is 0. The summed E-state index contributed by atoms with van der Waals surface area (Å²) in [5, 5.41) is 0. The lowest BCUT2D eigenvalue weighted by Gasteiger charge is -2.30. The predicted octanol–water partition coefficient (Wildman–Crippen LogP) is 4.38. The van der Waals surface area contributed by atoms with Gasteiger partial charge in [0.15, 0.2) is 5.78 Å². The van der Waals surface area contributed by atoms with E-state index in [4.69, 9.17) is 4.74 Å². The Kier molecular flexibility index (Phi) is 5.30. The van der Waals surface area contributed by atoms with E-state index in [-0.39, 0.29) is 17.7 Å². The predicted molar refractivity (Wildman–Crippen MR) is 77.3 cm³/mol. The summed E-state index contributed by atoms with van der Waals surface area (Å²) in [6.45, 7) is 4.00. The minimum atomic E-state index is -0.457. The van der Waals surface area contributed by atoms with Gasteiger partial charge in [0.25, 0.3) is 0 Å². The largest absolute Gasteiger partial charge is 0.367 e. The topological polar surface area (TPSA) is 26.3 Å². The first-order valence-electron chi connectivity index (χ1n) is 7.55. The van der Waals surface area contributed by atoms with Crippen LogP contribution in [0.1, 0.15) is 56.3 Å². The normalized spacial score (nSPS) is 24.4. The van der Waals surface area contributed by atoms with E-state index in [9.17, 15) is 9.18 Å². The summed E-state index contributed by atoms with van der Waals surface area (Å²) in [6, 6.07) is 5.67. The van der Waals surface area contributed by atoms with Crippen LogP contribution in [0, 0.1) is 11.7 Å². The Morgan fingerprint density at radius 2 is 2.05 bits per heavy atom. The first-order chi connectivity index (χ1) is 9.60. The molecule has 3 unspecified atom stereocenters. The molecule has 1 aliphatic rings. The maximum Gasteiger partial charge on any atom is 0.191 e. The number of Topliss-reactive ketones (excluding diaryl/α,β-unsaturated/α-hetero) is 1. The minimum absolute atomic E-state index is 0.0661. The van der Waals surface area contributed by atoms with Crippen molar-refractivity contribution in [3.63, 3.8) is 0 Å². The van der Waals surface area contributed by atoms with E-state index in [1.165, 1.54) is 43.5 Å². The van der Waals surface area contributed by atoms with Gasteiger partial charge < -0.3 is 4.74 Å². The van der Waals surface area contributed by atoms with Crippen LogP contribution >= 0.6 is 0 Å². The van der Waals surface area contributed by atoms with Crippen molar-refractivity contribution in [2.45, 2.75) is 58.2 Å². The molecule has 0 N–H and O–H groups in total. The molecule has 0 spiro atoms. The maximum absolute atomic E-state index is 12.9. The van der Waals surface area contributed by atoms with Crippen LogP contribution in [0.4, 0.5) is 4.39 Å². The van der Waals surface area contributed by atoms with Gasteiger partial charge in [0.1, 0.15) is 11.9 Å². The van der Waals surface area contributed by atoms with E-state index >= 15 is 0 Å². The average molecular weight is 278 g/mol. The number of ether oxygens (including phenoxy) is 1. The van der Waals surface area contributed by atoms with Crippen molar-refractivity contribution in [3.8, 4) is 0 Å². The van der Waals surface area contributed by atoms with Crippen LogP contribution in [-0.2, 0) is 4.74 Å². The van der Waals surface area contributed by atoms with Crippen LogP contribution in [0.3, 0.4) is 0 Å². The number of benzene rings is 1. The summed E-state index contributed by atoms with van der Waals surface area (Å²) >= 11 is 0. The molecule has 0 aliphatic heterocycles. The number of ketones is 1. The highest BCUT2D eigenvalue weighted by Crippen LogP contribution is 2.29. The zero-order valence-corrected chi connectivity index (χ0v) is 12.3. The number of halogens is 1. The van der Waals surface area contributed by atoms with Crippen LogP contribution in [-0.4, -0.2) is 18.0 Å². The monoisotopic (exact) mass is 278 g/mol. The Labute approximate surface area is 120 Å². The van der Waals surface area contributed by atoms with Crippen molar-refractivity contribution in [1.82, 2.24) is 0 Å². The van der Waals surface area contributed by atoms with Crippen molar-refractivity contribution < 1.29 is 13.9 Å². The molecule has 1 fully saturated rings. The molecule has 20 heavy (non-hydrogen) atoms. The summed E-state index contributed by atoms with van der Waals surface area (Å²) in [5.74, 6) is 0.332. The smallest absolute Gasteiger partial charge is 0.191 e. The molecular formula is C17H23FO2. The van der Waals surface area contributed by atoms with E-state index in [1.807, 2.05) is 0 Å². The van der Waals surface area contributed by atoms with Gasteiger partial charge in [0.2, 0.25) is 0 Å². The first-order valence-corrected chi connectivity index (χ1v) is 7.55. The molecule has 2 rings (SSSR count). The Hall–Kier alpha value is -1.22. The zero-order chi connectivity index (χ0) is 14.5. The van der Waals surface area contributed by atoms with Gasteiger partial charge in [-0.1, -0.05) is 26.2 Å². The van der Waals surface area contributed by atoms with Gasteiger partial charge in [-0.05, 0) is 49.9 Å². The SMILES string of the molecule is CCC1CCCC(OC(C)C(=O)c2ccc(F)cc2)C1. The Morgan fingerprint density at radius 1 is 1.35 bits per heavy atom. The summed E-state index contributed by atoms with van der Waals surface area (Å²) in [5.41, 5.74) is 0.516. The van der Waals surface area contributed by atoms with E-state index in [0.717, 1.165) is 18.8 Å². The Morgan fingerprint density at radius 3 is 2.70 bits per heavy atom. The highest BCUT2D eigenvalue weighted by molar-refractivity contribution is 5.99. The molecule has 0 aromatic heterocycles. The molecule has 0 saturated heterocycles. The number of hydrogen-bond acceptors (Lipinski definition) is 2. The van der Waals surface area contributed by atoms with Crippen molar-refractivity contribution in [2.75, 3.05) is 0 Å². The second-order valence-corrected chi connectivity index (χ2v) is 5.71. The number of rotatable bonds is 5. The highest BCUT2D eigenvalue weighted by Gasteiger charge is 2.25. The molecule has 0 radical (unpaired) electrons. The summed E-state index contributed by atoms with van der Waals surface area (Å²) in [4.78, 5) is 12.2. The second kappa shape index (κ2) is 6.98. The van der Waals surface area contributed by atoms with Crippen LogP contribution < -0.4 is 0 Å². The van der Waals surface area contributed by atoms with E-state index in [0.29, 0.717) is 5.56 Å². The summed E-state index contributed by atoms with van der Waals surface area (Å²) < 4.78 is 18.8. The molecule has 1 aromatic carbocycles. The number of carbonyl (C=O) groups is 1. The fourth-order valence-electron chi connectivity index (χ4n) is 2.94. The molecule has 3 atom stereocenters. The molecule has 0 heterocycles. The molecule has 1 aromatic rings.